The second-order valence-corrected chi connectivity index (χ2v) is 13.6. The molecule has 3 aromatic rings. The summed E-state index contributed by atoms with van der Waals surface area (Å²) in [6.45, 7) is 27.5. The van der Waals surface area contributed by atoms with Crippen LogP contribution in [0, 0.1) is 37.0 Å². The van der Waals surface area contributed by atoms with E-state index in [9.17, 15) is 0 Å². The predicted octanol–water partition coefficient (Wildman–Crippen LogP) is 11.7. The molecule has 0 amide bonds. The molecule has 45 heavy (non-hydrogen) atoms. The molecule has 7 rings (SSSR count). The fourth-order valence-corrected chi connectivity index (χ4v) is 7.10. The third-order valence-electron chi connectivity index (χ3n) is 8.97. The van der Waals surface area contributed by atoms with E-state index >= 15 is 0 Å². The summed E-state index contributed by atoms with van der Waals surface area (Å²) < 4.78 is 3.34. The minimum absolute atomic E-state index is 0.0340. The van der Waals surface area contributed by atoms with Gasteiger partial charge in [0.15, 0.2) is 0 Å². The maximum Gasteiger partial charge on any atom is -0.171 e. The van der Waals surface area contributed by atoms with Crippen molar-refractivity contribution in [3.8, 4) is 11.1 Å². The molecule has 1 unspecified atom stereocenters. The van der Waals surface area contributed by atoms with Crippen LogP contribution in [0.15, 0.2) is 77.9 Å². The van der Waals surface area contributed by atoms with E-state index in [-0.39, 0.29) is 10.8 Å². The smallest absolute Gasteiger partial charge is 0.171 e. The third kappa shape index (κ3) is 8.03. The molecule has 0 saturated heterocycles. The molecule has 0 aromatic heterocycles. The van der Waals surface area contributed by atoms with Gasteiger partial charge in [0.25, 0.3) is 0 Å². The van der Waals surface area contributed by atoms with Crippen LogP contribution >= 0.6 is 0 Å². The van der Waals surface area contributed by atoms with Crippen LogP contribution in [-0.4, -0.2) is 4.21 Å². The maximum absolute atomic E-state index is 3.65. The van der Waals surface area contributed by atoms with Crippen LogP contribution in [0.5, 0.6) is 0 Å². The van der Waals surface area contributed by atoms with Crippen molar-refractivity contribution in [3.63, 3.8) is 0 Å². The SMILES string of the molecule is CC1=[C-]C(C)(C)c2cc3c(cc21)-c1cc2c(cc1C3)C(C)(C)C=C2C.CC1=[C-]C(C)C=C1C(C)C.[CH2-]C.[CH2]=[Zr].[c-]1ccccc1. The van der Waals surface area contributed by atoms with E-state index in [0.29, 0.717) is 11.8 Å². The average Bonchev–Trinajstić information content (AvgIpc) is 3.69. The maximum atomic E-state index is 3.65. The standard InChI is InChI=1S/C25H25.C10H15.C6H5.C2H5.CH2.Zr/c1-14-12-24(3,4)22-8-16-7-17-9-23-19(15(2)13-25(23,5)6)11-21(17)20(16)10-18(14)22;1-7(2)10-6-8(3)5-9(10)4;1-2-4-6-5-3-1;1-2;;/h8-12H,7H2,1-6H3;6-8H,1-4H3;1-5H;1H2,2H3;1H2;/q4*-1;;. The van der Waals surface area contributed by atoms with Gasteiger partial charge in [-0.1, -0.05) is 97.8 Å². The van der Waals surface area contributed by atoms with E-state index in [1.807, 2.05) is 30.3 Å². The van der Waals surface area contributed by atoms with Crippen LogP contribution < -0.4 is 0 Å². The third-order valence-corrected chi connectivity index (χ3v) is 8.97. The molecular weight excluding hydrogens is 620 g/mol. The molecule has 0 fully saturated rings. The quantitative estimate of drug-likeness (QED) is 0.177. The van der Waals surface area contributed by atoms with E-state index in [0.717, 1.165) is 6.42 Å². The van der Waals surface area contributed by atoms with Crippen molar-refractivity contribution in [2.24, 2.45) is 11.8 Å². The van der Waals surface area contributed by atoms with E-state index in [1.54, 1.807) is 6.92 Å². The van der Waals surface area contributed by atoms with Crippen LogP contribution in [0.4, 0.5) is 0 Å². The summed E-state index contributed by atoms with van der Waals surface area (Å²) in [5.41, 5.74) is 17.4. The summed E-state index contributed by atoms with van der Waals surface area (Å²) in [7, 11) is 0. The number of hydrogen-bond donors (Lipinski definition) is 0. The number of rotatable bonds is 1. The molecule has 0 radical (unpaired) electrons. The minimum atomic E-state index is 0.0340. The van der Waals surface area contributed by atoms with Gasteiger partial charge in [0.2, 0.25) is 0 Å². The van der Waals surface area contributed by atoms with Crippen LogP contribution in [0.2, 0.25) is 0 Å². The van der Waals surface area contributed by atoms with E-state index < -0.39 is 0 Å². The molecule has 0 bridgehead atoms. The first-order valence-corrected chi connectivity index (χ1v) is 18.0. The summed E-state index contributed by atoms with van der Waals surface area (Å²) in [6.07, 6.45) is 12.8. The molecule has 1 atom stereocenters. The van der Waals surface area contributed by atoms with E-state index in [4.69, 9.17) is 0 Å². The Morgan fingerprint density at radius 1 is 0.800 bits per heavy atom. The zero-order chi connectivity index (χ0) is 33.7. The van der Waals surface area contributed by atoms with Gasteiger partial charge >= 0.3 is 28.4 Å². The zero-order valence-electron chi connectivity index (χ0n) is 29.6. The Hall–Kier alpha value is -2.63. The van der Waals surface area contributed by atoms with Gasteiger partial charge in [-0.2, -0.15) is 60.5 Å². The summed E-state index contributed by atoms with van der Waals surface area (Å²) >= 11 is 1.30. The van der Waals surface area contributed by atoms with Crippen LogP contribution in [-0.2, 0) is 41.5 Å². The molecule has 0 aliphatic heterocycles. The Kier molecular flexibility index (Phi) is 12.5. The first kappa shape index (κ1) is 36.8. The first-order valence-electron chi connectivity index (χ1n) is 16.2. The summed E-state index contributed by atoms with van der Waals surface area (Å²) in [4.78, 5) is 0. The van der Waals surface area contributed by atoms with Crippen molar-refractivity contribution in [3.05, 3.63) is 136 Å². The van der Waals surface area contributed by atoms with E-state index in [2.05, 4.69) is 135 Å². The normalized spacial score (nSPS) is 18.3. The molecule has 236 valence electrons. The monoisotopic (exact) mass is 670 g/mol. The largest absolute Gasteiger partial charge is 0.184 e. The number of benzene rings is 3. The molecule has 1 heteroatoms. The fourth-order valence-electron chi connectivity index (χ4n) is 7.10. The van der Waals surface area contributed by atoms with Gasteiger partial charge in [0.1, 0.15) is 0 Å². The predicted molar refractivity (Wildman–Crippen MR) is 195 cm³/mol. The Bertz CT molecular complexity index is 1510. The van der Waals surface area contributed by atoms with Crippen molar-refractivity contribution < 1.29 is 24.2 Å². The van der Waals surface area contributed by atoms with Gasteiger partial charge in [-0.15, -0.1) is 11.6 Å². The first-order chi connectivity index (χ1) is 21.3. The van der Waals surface area contributed by atoms with Gasteiger partial charge in [0.05, 0.1) is 0 Å². The molecule has 0 N–H and O–H groups in total. The molecule has 0 spiro atoms. The summed E-state index contributed by atoms with van der Waals surface area (Å²) in [5.74, 6) is 1.20. The molecule has 0 saturated carbocycles. The molecule has 4 aliphatic carbocycles. The molecule has 3 aromatic carbocycles. The van der Waals surface area contributed by atoms with Crippen molar-refractivity contribution in [1.82, 2.24) is 0 Å². The summed E-state index contributed by atoms with van der Waals surface area (Å²) in [6, 6.07) is 22.3. The molecular formula is C44H52Zr-4. The van der Waals surface area contributed by atoms with Gasteiger partial charge < -0.3 is 6.92 Å². The Balaban J connectivity index is 0.000000227. The van der Waals surface area contributed by atoms with Crippen LogP contribution in [0.1, 0.15) is 110 Å². The second-order valence-electron chi connectivity index (χ2n) is 13.6. The van der Waals surface area contributed by atoms with Gasteiger partial charge in [0, 0.05) is 5.41 Å². The van der Waals surface area contributed by atoms with Gasteiger partial charge in [-0.05, 0) is 58.4 Å². The van der Waals surface area contributed by atoms with Crippen molar-refractivity contribution >= 4 is 15.4 Å². The average molecular weight is 672 g/mol. The fraction of sp³-hybridized carbons (Fsp3) is 0.364. The molecule has 4 aliphatic rings. The van der Waals surface area contributed by atoms with Gasteiger partial charge in [-0.3, -0.25) is 12.2 Å². The number of fused-ring (bicyclic) bond motifs is 5. The van der Waals surface area contributed by atoms with Crippen molar-refractivity contribution in [1.29, 1.82) is 0 Å². The number of allylic oxidation sites excluding steroid dienone is 8. The Morgan fingerprint density at radius 2 is 1.36 bits per heavy atom. The number of hydrogen-bond acceptors (Lipinski definition) is 0. The Morgan fingerprint density at radius 3 is 1.80 bits per heavy atom. The Labute approximate surface area is 290 Å². The molecule has 0 nitrogen and oxygen atoms in total. The van der Waals surface area contributed by atoms with Gasteiger partial charge in [-0.25, -0.2) is 11.1 Å². The zero-order valence-corrected chi connectivity index (χ0v) is 32.1. The minimum Gasteiger partial charge on any atom is -0.184 e. The second kappa shape index (κ2) is 15.3. The van der Waals surface area contributed by atoms with Crippen molar-refractivity contribution in [2.75, 3.05) is 0 Å². The topological polar surface area (TPSA) is 0 Å². The summed E-state index contributed by atoms with van der Waals surface area (Å²) in [5, 5.41) is 0. The molecule has 0 heterocycles. The van der Waals surface area contributed by atoms with E-state index in [1.165, 1.54) is 91.0 Å². The van der Waals surface area contributed by atoms with Crippen LogP contribution in [0.25, 0.3) is 22.3 Å². The van der Waals surface area contributed by atoms with Crippen LogP contribution in [0.3, 0.4) is 0 Å². The van der Waals surface area contributed by atoms with Crippen molar-refractivity contribution in [2.45, 2.75) is 93.4 Å².